The van der Waals surface area contributed by atoms with Crippen molar-refractivity contribution < 1.29 is 41.3 Å². The fraction of sp³-hybridized carbons (Fsp3) is 0.933. The summed E-state index contributed by atoms with van der Waals surface area (Å²) in [5.74, 6) is 0. The van der Waals surface area contributed by atoms with Crippen molar-refractivity contribution in [3.63, 3.8) is 0 Å². The zero-order valence-electron chi connectivity index (χ0n) is 26.0. The predicted octanol–water partition coefficient (Wildman–Crippen LogP) is 5.36. The van der Waals surface area contributed by atoms with E-state index in [2.05, 4.69) is 30.2 Å². The molecule has 0 bridgehead atoms. The Bertz CT molecular complexity index is 619. The number of likely N-dealkylation sites (N-methyl/N-ethyl adjacent to an activating group) is 1. The monoisotopic (exact) mass is 597 g/mol. The Labute approximate surface area is 246 Å². The van der Waals surface area contributed by atoms with Crippen molar-refractivity contribution in [2.45, 2.75) is 111 Å². The van der Waals surface area contributed by atoms with E-state index in [0.29, 0.717) is 26.4 Å². The second-order valence-corrected chi connectivity index (χ2v) is 11.3. The fourth-order valence-electron chi connectivity index (χ4n) is 4.50. The summed E-state index contributed by atoms with van der Waals surface area (Å²) >= 11 is 0. The summed E-state index contributed by atoms with van der Waals surface area (Å²) in [4.78, 5) is 0. The van der Waals surface area contributed by atoms with E-state index in [-0.39, 0.29) is 19.8 Å². The number of nitrogens with zero attached hydrogens (tertiary/aromatic N) is 1. The second kappa shape index (κ2) is 31.3. The molecule has 0 aromatic rings. The summed E-state index contributed by atoms with van der Waals surface area (Å²) in [5, 5.41) is 17.9. The maximum absolute atomic E-state index is 9.45. The highest BCUT2D eigenvalue weighted by Crippen LogP contribution is 2.14. The van der Waals surface area contributed by atoms with Crippen LogP contribution in [0.25, 0.3) is 0 Å². The topological polar surface area (TPSA) is 125 Å². The molecule has 0 aliphatic heterocycles. The quantitative estimate of drug-likeness (QED) is 0.0388. The van der Waals surface area contributed by atoms with Gasteiger partial charge in [-0.3, -0.25) is 4.18 Å². The minimum atomic E-state index is -4.42. The first kappa shape index (κ1) is 41.5. The first-order valence-electron chi connectivity index (χ1n) is 15.8. The van der Waals surface area contributed by atoms with E-state index in [4.69, 9.17) is 19.7 Å². The van der Waals surface area contributed by atoms with Gasteiger partial charge in [-0.2, -0.15) is 0 Å². The van der Waals surface area contributed by atoms with Crippen LogP contribution in [0.15, 0.2) is 12.2 Å². The van der Waals surface area contributed by atoms with Crippen LogP contribution in [0, 0.1) is 0 Å². The van der Waals surface area contributed by atoms with Gasteiger partial charge in [0.2, 0.25) is 10.4 Å². The van der Waals surface area contributed by atoms with Crippen LogP contribution in [0.1, 0.15) is 111 Å². The molecule has 0 aliphatic carbocycles. The van der Waals surface area contributed by atoms with Crippen molar-refractivity contribution in [1.29, 1.82) is 0 Å². The van der Waals surface area contributed by atoms with Crippen LogP contribution in [0.2, 0.25) is 0 Å². The molecule has 0 aliphatic rings. The first-order chi connectivity index (χ1) is 19.3. The maximum Gasteiger partial charge on any atom is 0.217 e. The standard InChI is InChI=1S/C28H58NO4.C2H6O4S/c1-3-5-6-7-8-9-10-11-12-13-14-15-16-17-18-19-20-29(4-2,21-25-32-27-23-30)22-26-33-28-24-31;1-2-6-7(3,4)5/h11-12,30-31H,3-10,13-28H2,1-2H3;2H2,1H3,(H,3,4,5)/q+1;/p-1/b12-11-;. The molecule has 0 rings (SSSR count). The molecule has 0 fully saturated rings. The molecule has 10 heteroatoms. The predicted molar refractivity (Wildman–Crippen MR) is 162 cm³/mol. The van der Waals surface area contributed by atoms with Gasteiger partial charge in [-0.25, -0.2) is 8.42 Å². The van der Waals surface area contributed by atoms with Crippen LogP contribution >= 0.6 is 0 Å². The van der Waals surface area contributed by atoms with Crippen LogP contribution in [0.4, 0.5) is 0 Å². The Morgan fingerprint density at radius 1 is 0.650 bits per heavy atom. The lowest BCUT2D eigenvalue weighted by Gasteiger charge is -2.38. The Morgan fingerprint density at radius 3 is 1.48 bits per heavy atom. The van der Waals surface area contributed by atoms with Gasteiger partial charge in [-0.05, 0) is 52.4 Å². The number of unbranched alkanes of at least 4 members (excludes halogenated alkanes) is 12. The first-order valence-corrected chi connectivity index (χ1v) is 17.1. The van der Waals surface area contributed by atoms with Gasteiger partial charge in [0.15, 0.2) is 0 Å². The smallest absolute Gasteiger partial charge is 0.217 e. The average molecular weight is 598 g/mol. The molecule has 0 aromatic heterocycles. The van der Waals surface area contributed by atoms with Crippen LogP contribution in [-0.2, 0) is 24.1 Å². The maximum atomic E-state index is 9.45. The van der Waals surface area contributed by atoms with Crippen molar-refractivity contribution >= 4 is 10.4 Å². The zero-order valence-corrected chi connectivity index (χ0v) is 26.8. The highest BCUT2D eigenvalue weighted by atomic mass is 32.3. The highest BCUT2D eigenvalue weighted by molar-refractivity contribution is 7.80. The largest absolute Gasteiger partial charge is 0.726 e. The SMILES string of the molecule is CCCCCCCC/C=C\CCCCCCCC[N+](CC)(CCOCCO)CCOCCO.CCOS(=O)(=O)[O-]. The molecule has 0 spiro atoms. The summed E-state index contributed by atoms with van der Waals surface area (Å²) in [6.07, 6.45) is 23.5. The van der Waals surface area contributed by atoms with Gasteiger partial charge in [-0.1, -0.05) is 70.4 Å². The Morgan fingerprint density at radius 2 is 1.10 bits per heavy atom. The van der Waals surface area contributed by atoms with E-state index in [0.717, 1.165) is 30.7 Å². The third kappa shape index (κ3) is 31.9. The van der Waals surface area contributed by atoms with Crippen LogP contribution in [0.5, 0.6) is 0 Å². The number of aliphatic hydroxyl groups is 2. The van der Waals surface area contributed by atoms with Gasteiger partial charge < -0.3 is 28.7 Å². The molecule has 2 N–H and O–H groups in total. The molecule has 0 unspecified atom stereocenters. The van der Waals surface area contributed by atoms with Crippen molar-refractivity contribution in [3.8, 4) is 0 Å². The molecule has 0 amide bonds. The molecule has 0 aromatic carbocycles. The van der Waals surface area contributed by atoms with Gasteiger partial charge >= 0.3 is 0 Å². The third-order valence-corrected chi connectivity index (χ3v) is 7.49. The highest BCUT2D eigenvalue weighted by Gasteiger charge is 2.24. The lowest BCUT2D eigenvalue weighted by molar-refractivity contribution is -0.927. The lowest BCUT2D eigenvalue weighted by atomic mass is 10.1. The van der Waals surface area contributed by atoms with E-state index in [1.165, 1.54) is 96.8 Å². The Kier molecular flexibility index (Phi) is 32.6. The number of allylic oxidation sites excluding steroid dienone is 2. The number of hydrogen-bond acceptors (Lipinski definition) is 8. The minimum Gasteiger partial charge on any atom is -0.726 e. The van der Waals surface area contributed by atoms with Crippen LogP contribution in [0.3, 0.4) is 0 Å². The van der Waals surface area contributed by atoms with Gasteiger partial charge in [0, 0.05) is 0 Å². The fourth-order valence-corrected chi connectivity index (χ4v) is 4.79. The minimum absolute atomic E-state index is 0.0840. The molecule has 242 valence electrons. The molecule has 0 radical (unpaired) electrons. The van der Waals surface area contributed by atoms with Gasteiger partial charge in [-0.15, -0.1) is 0 Å². The summed E-state index contributed by atoms with van der Waals surface area (Å²) in [6.45, 7) is 12.4. The second-order valence-electron chi connectivity index (χ2n) is 10.3. The van der Waals surface area contributed by atoms with Crippen molar-refractivity contribution in [2.24, 2.45) is 0 Å². The van der Waals surface area contributed by atoms with Crippen molar-refractivity contribution in [2.75, 3.05) is 72.4 Å². The summed E-state index contributed by atoms with van der Waals surface area (Å²) in [7, 11) is -4.42. The summed E-state index contributed by atoms with van der Waals surface area (Å²) in [6, 6.07) is 0. The lowest BCUT2D eigenvalue weighted by Crippen LogP contribution is -2.52. The third-order valence-electron chi connectivity index (χ3n) is 6.97. The normalized spacial score (nSPS) is 12.2. The van der Waals surface area contributed by atoms with Gasteiger partial charge in [0.05, 0.1) is 59.3 Å². The van der Waals surface area contributed by atoms with Gasteiger partial charge in [0.25, 0.3) is 0 Å². The van der Waals surface area contributed by atoms with Gasteiger partial charge in [0.1, 0.15) is 13.1 Å². The molecule has 9 nitrogen and oxygen atoms in total. The average Bonchev–Trinajstić information content (AvgIpc) is 2.92. The Balaban J connectivity index is 0. The van der Waals surface area contributed by atoms with Crippen LogP contribution < -0.4 is 0 Å². The number of rotatable bonds is 29. The van der Waals surface area contributed by atoms with E-state index in [9.17, 15) is 13.0 Å². The van der Waals surface area contributed by atoms with E-state index < -0.39 is 10.4 Å². The van der Waals surface area contributed by atoms with E-state index in [1.54, 1.807) is 0 Å². The summed E-state index contributed by atoms with van der Waals surface area (Å²) in [5.41, 5.74) is 0. The molecular formula is C30H63NO8S. The number of ether oxygens (including phenoxy) is 2. The molecule has 0 saturated heterocycles. The molecule has 40 heavy (non-hydrogen) atoms. The summed E-state index contributed by atoms with van der Waals surface area (Å²) < 4.78 is 44.1. The molecular weight excluding hydrogens is 534 g/mol. The molecule has 0 heterocycles. The van der Waals surface area contributed by atoms with E-state index in [1.807, 2.05) is 0 Å². The van der Waals surface area contributed by atoms with Crippen LogP contribution in [-0.4, -0.2) is 100 Å². The zero-order chi connectivity index (χ0) is 30.2. The Hall–Kier alpha value is -0.590. The number of hydrogen-bond donors (Lipinski definition) is 2. The van der Waals surface area contributed by atoms with Crippen molar-refractivity contribution in [1.82, 2.24) is 0 Å². The molecule has 0 atom stereocenters. The number of aliphatic hydroxyl groups excluding tert-OH is 2. The number of quaternary nitrogens is 1. The van der Waals surface area contributed by atoms with E-state index >= 15 is 0 Å². The molecule has 0 saturated carbocycles. The van der Waals surface area contributed by atoms with Crippen molar-refractivity contribution in [3.05, 3.63) is 12.2 Å².